The molecule has 0 fully saturated rings. The molecule has 0 saturated heterocycles. The first-order chi connectivity index (χ1) is 16.6. The van der Waals surface area contributed by atoms with E-state index >= 15 is 0 Å². The second-order valence-corrected chi connectivity index (χ2v) is 8.28. The van der Waals surface area contributed by atoms with Gasteiger partial charge in [0.25, 0.3) is 0 Å². The van der Waals surface area contributed by atoms with Crippen molar-refractivity contribution in [2.24, 2.45) is 0 Å². The molecule has 0 aliphatic carbocycles. The lowest BCUT2D eigenvalue weighted by atomic mass is 9.90. The predicted octanol–water partition coefficient (Wildman–Crippen LogP) is 5.86. The normalized spacial score (nSPS) is 12.1. The fraction of sp³-hybridized carbons (Fsp3) is 0.103. The molecule has 34 heavy (non-hydrogen) atoms. The van der Waals surface area contributed by atoms with Gasteiger partial charge in [-0.15, -0.1) is 0 Å². The lowest BCUT2D eigenvalue weighted by Crippen LogP contribution is -2.43. The maximum atomic E-state index is 13.3. The quantitative estimate of drug-likeness (QED) is 0.342. The van der Waals surface area contributed by atoms with Crippen molar-refractivity contribution >= 4 is 39.4 Å². The molecule has 1 aromatic heterocycles. The molecule has 1 heterocycles. The fourth-order valence-corrected chi connectivity index (χ4v) is 4.20. The highest BCUT2D eigenvalue weighted by atomic mass is 16.3. The van der Waals surface area contributed by atoms with Crippen LogP contribution in [0.15, 0.2) is 108 Å². The van der Waals surface area contributed by atoms with Gasteiger partial charge >= 0.3 is 0 Å². The molecule has 4 aromatic carbocycles. The van der Waals surface area contributed by atoms with Gasteiger partial charge in [0.15, 0.2) is 0 Å². The summed E-state index contributed by atoms with van der Waals surface area (Å²) in [4.78, 5) is 26.2. The maximum Gasteiger partial charge on any atom is 0.246 e. The molecule has 0 radical (unpaired) electrons. The molecule has 0 aliphatic rings. The highest BCUT2D eigenvalue weighted by molar-refractivity contribution is 6.07. The molecule has 5 heteroatoms. The minimum Gasteiger partial charge on any atom is -0.456 e. The lowest BCUT2D eigenvalue weighted by Gasteiger charge is -2.21. The minimum atomic E-state index is -0.728. The Morgan fingerprint density at radius 3 is 1.94 bits per heavy atom. The van der Waals surface area contributed by atoms with Gasteiger partial charge in [0.1, 0.15) is 17.2 Å². The van der Waals surface area contributed by atoms with Crippen LogP contribution in [0.25, 0.3) is 21.9 Å². The lowest BCUT2D eigenvalue weighted by molar-refractivity contribution is -0.126. The van der Waals surface area contributed by atoms with Crippen LogP contribution in [-0.2, 0) is 9.59 Å². The predicted molar refractivity (Wildman–Crippen MR) is 135 cm³/mol. The molecule has 1 atom stereocenters. The highest BCUT2D eigenvalue weighted by Crippen LogP contribution is 2.30. The van der Waals surface area contributed by atoms with Crippen LogP contribution < -0.4 is 10.6 Å². The number of carbonyl (C=O) groups excluding carboxylic acids is 2. The Morgan fingerprint density at radius 2 is 1.26 bits per heavy atom. The van der Waals surface area contributed by atoms with Crippen molar-refractivity contribution in [1.82, 2.24) is 5.32 Å². The molecule has 2 amide bonds. The van der Waals surface area contributed by atoms with E-state index in [1.54, 1.807) is 13.0 Å². The number of hydrogen-bond donors (Lipinski definition) is 2. The van der Waals surface area contributed by atoms with Crippen molar-refractivity contribution in [1.29, 1.82) is 0 Å². The fourth-order valence-electron chi connectivity index (χ4n) is 4.20. The molecule has 0 bridgehead atoms. The molecule has 5 aromatic rings. The Labute approximate surface area is 197 Å². The van der Waals surface area contributed by atoms with Crippen LogP contribution in [0.1, 0.15) is 24.0 Å². The van der Waals surface area contributed by atoms with Crippen LogP contribution in [0.5, 0.6) is 0 Å². The zero-order valence-electron chi connectivity index (χ0n) is 18.7. The number of para-hydroxylation sites is 1. The SMILES string of the molecule is C[C@H](NC(=O)C(c1ccccc1)c1ccccc1)C(=O)Nc1ccc2c(c1)oc1ccccc12. The van der Waals surface area contributed by atoms with E-state index < -0.39 is 12.0 Å². The molecular weight excluding hydrogens is 424 g/mol. The van der Waals surface area contributed by atoms with E-state index in [1.165, 1.54) is 0 Å². The first-order valence-electron chi connectivity index (χ1n) is 11.2. The topological polar surface area (TPSA) is 71.3 Å². The molecule has 0 aliphatic heterocycles. The number of benzene rings is 4. The first-order valence-corrected chi connectivity index (χ1v) is 11.2. The monoisotopic (exact) mass is 448 g/mol. The molecule has 5 rings (SSSR count). The van der Waals surface area contributed by atoms with Gasteiger partial charge in [-0.25, -0.2) is 0 Å². The van der Waals surface area contributed by atoms with Crippen molar-refractivity contribution in [3.05, 3.63) is 114 Å². The maximum absolute atomic E-state index is 13.3. The molecule has 5 nitrogen and oxygen atoms in total. The van der Waals surface area contributed by atoms with E-state index in [0.717, 1.165) is 27.5 Å². The summed E-state index contributed by atoms with van der Waals surface area (Å²) < 4.78 is 5.91. The van der Waals surface area contributed by atoms with Crippen molar-refractivity contribution in [3.8, 4) is 0 Å². The number of amides is 2. The summed E-state index contributed by atoms with van der Waals surface area (Å²) >= 11 is 0. The summed E-state index contributed by atoms with van der Waals surface area (Å²) in [6, 6.07) is 31.8. The summed E-state index contributed by atoms with van der Waals surface area (Å²) in [5, 5.41) is 7.79. The van der Waals surface area contributed by atoms with Crippen molar-refractivity contribution in [2.45, 2.75) is 18.9 Å². The van der Waals surface area contributed by atoms with E-state index in [0.29, 0.717) is 11.3 Å². The number of rotatable bonds is 6. The third kappa shape index (κ3) is 4.28. The zero-order valence-corrected chi connectivity index (χ0v) is 18.7. The van der Waals surface area contributed by atoms with Gasteiger partial charge in [-0.2, -0.15) is 0 Å². The smallest absolute Gasteiger partial charge is 0.246 e. The summed E-state index contributed by atoms with van der Waals surface area (Å²) in [5.41, 5.74) is 3.85. The number of carbonyl (C=O) groups is 2. The van der Waals surface area contributed by atoms with Crippen LogP contribution in [-0.4, -0.2) is 17.9 Å². The third-order valence-electron chi connectivity index (χ3n) is 5.93. The number of fused-ring (bicyclic) bond motifs is 3. The summed E-state index contributed by atoms with van der Waals surface area (Å²) in [5.74, 6) is -1.04. The van der Waals surface area contributed by atoms with Gasteiger partial charge in [0.05, 0.1) is 5.92 Å². The van der Waals surface area contributed by atoms with Gasteiger partial charge in [0.2, 0.25) is 11.8 Å². The van der Waals surface area contributed by atoms with E-state index in [1.807, 2.05) is 97.1 Å². The Balaban J connectivity index is 1.32. The van der Waals surface area contributed by atoms with Crippen LogP contribution in [0.2, 0.25) is 0 Å². The molecule has 168 valence electrons. The van der Waals surface area contributed by atoms with Crippen molar-refractivity contribution in [2.75, 3.05) is 5.32 Å². The van der Waals surface area contributed by atoms with Crippen LogP contribution in [0, 0.1) is 0 Å². The second-order valence-electron chi connectivity index (χ2n) is 8.28. The van der Waals surface area contributed by atoms with E-state index in [2.05, 4.69) is 10.6 Å². The average molecular weight is 449 g/mol. The third-order valence-corrected chi connectivity index (χ3v) is 5.93. The summed E-state index contributed by atoms with van der Waals surface area (Å²) in [6.07, 6.45) is 0. The Kier molecular flexibility index (Phi) is 5.83. The van der Waals surface area contributed by atoms with Gasteiger partial charge in [-0.1, -0.05) is 78.9 Å². The number of furan rings is 1. The highest BCUT2D eigenvalue weighted by Gasteiger charge is 2.26. The van der Waals surface area contributed by atoms with Crippen LogP contribution in [0.3, 0.4) is 0 Å². The second kappa shape index (κ2) is 9.24. The number of hydrogen-bond acceptors (Lipinski definition) is 3. The summed E-state index contributed by atoms with van der Waals surface area (Å²) in [7, 11) is 0. The van der Waals surface area contributed by atoms with Crippen LogP contribution in [0.4, 0.5) is 5.69 Å². The number of nitrogens with one attached hydrogen (secondary N) is 2. The molecule has 0 spiro atoms. The molecule has 0 unspecified atom stereocenters. The van der Waals surface area contributed by atoms with Crippen molar-refractivity contribution in [3.63, 3.8) is 0 Å². The van der Waals surface area contributed by atoms with Gasteiger partial charge in [0, 0.05) is 22.5 Å². The van der Waals surface area contributed by atoms with E-state index in [9.17, 15) is 9.59 Å². The first kappa shape index (κ1) is 21.5. The van der Waals surface area contributed by atoms with Gasteiger partial charge in [-0.05, 0) is 36.2 Å². The van der Waals surface area contributed by atoms with E-state index in [-0.39, 0.29) is 11.8 Å². The Morgan fingerprint density at radius 1 is 0.676 bits per heavy atom. The zero-order chi connectivity index (χ0) is 23.5. The largest absolute Gasteiger partial charge is 0.456 e. The summed E-state index contributed by atoms with van der Waals surface area (Å²) in [6.45, 7) is 1.68. The van der Waals surface area contributed by atoms with E-state index in [4.69, 9.17) is 4.42 Å². The van der Waals surface area contributed by atoms with Gasteiger partial charge < -0.3 is 15.1 Å². The Bertz CT molecular complexity index is 1420. The van der Waals surface area contributed by atoms with Crippen LogP contribution >= 0.6 is 0 Å². The van der Waals surface area contributed by atoms with Gasteiger partial charge in [-0.3, -0.25) is 9.59 Å². The average Bonchev–Trinajstić information content (AvgIpc) is 3.23. The molecule has 0 saturated carbocycles. The standard InChI is InChI=1S/C29H24N2O3/c1-19(30-29(33)27(20-10-4-2-5-11-20)21-12-6-3-7-13-21)28(32)31-22-16-17-24-23-14-8-9-15-25(23)34-26(24)18-22/h2-19,27H,1H3,(H,30,33)(H,31,32)/t19-/m0/s1. The number of anilines is 1. The molecule has 2 N–H and O–H groups in total. The Hall–Kier alpha value is -4.38. The molecular formula is C29H24N2O3. The van der Waals surface area contributed by atoms with Crippen molar-refractivity contribution < 1.29 is 14.0 Å². The minimum absolute atomic E-state index is 0.229.